The molecule has 1 amide bonds. The van der Waals surface area contributed by atoms with Gasteiger partial charge in [0.15, 0.2) is 9.84 Å². The number of benzene rings is 1. The molecule has 1 atom stereocenters. The number of sulfone groups is 1. The number of anilines is 2. The van der Waals surface area contributed by atoms with Gasteiger partial charge in [-0.25, -0.2) is 8.42 Å². The van der Waals surface area contributed by atoms with Crippen LogP contribution in [0.2, 0.25) is 0 Å². The molecule has 1 aromatic heterocycles. The van der Waals surface area contributed by atoms with Crippen molar-refractivity contribution in [3.63, 3.8) is 0 Å². The van der Waals surface area contributed by atoms with Crippen LogP contribution in [0.3, 0.4) is 0 Å². The average molecular weight is 476 g/mol. The molecule has 1 aromatic carbocycles. The summed E-state index contributed by atoms with van der Waals surface area (Å²) in [6.45, 7) is 10.1. The van der Waals surface area contributed by atoms with Crippen molar-refractivity contribution in [2.45, 2.75) is 33.2 Å². The van der Waals surface area contributed by atoms with E-state index >= 15 is 0 Å². The Kier molecular flexibility index (Phi) is 6.94. The smallest absolute Gasteiger partial charge is 0.238 e. The van der Waals surface area contributed by atoms with E-state index in [0.717, 1.165) is 54.7 Å². The van der Waals surface area contributed by atoms with E-state index in [1.54, 1.807) is 0 Å². The van der Waals surface area contributed by atoms with Crippen LogP contribution in [0.5, 0.6) is 5.75 Å². The number of aromatic nitrogens is 2. The summed E-state index contributed by atoms with van der Waals surface area (Å²) in [6, 6.07) is 7.32. The molecule has 2 fully saturated rings. The normalized spacial score (nSPS) is 20.7. The Morgan fingerprint density at radius 1 is 1.15 bits per heavy atom. The van der Waals surface area contributed by atoms with Gasteiger partial charge in [-0.1, -0.05) is 0 Å². The molecule has 10 heteroatoms. The largest absolute Gasteiger partial charge is 0.494 e. The van der Waals surface area contributed by atoms with Crippen LogP contribution in [0, 0.1) is 13.8 Å². The van der Waals surface area contributed by atoms with E-state index < -0.39 is 9.84 Å². The number of nitrogens with one attached hydrogen (secondary N) is 1. The highest BCUT2D eigenvalue weighted by Crippen LogP contribution is 2.31. The van der Waals surface area contributed by atoms with Gasteiger partial charge in [0.1, 0.15) is 5.75 Å². The summed E-state index contributed by atoms with van der Waals surface area (Å²) in [6.07, 6.45) is 0.626. The molecule has 0 saturated carbocycles. The molecule has 1 unspecified atom stereocenters. The first-order valence-corrected chi connectivity index (χ1v) is 13.3. The van der Waals surface area contributed by atoms with Crippen molar-refractivity contribution in [1.29, 1.82) is 0 Å². The highest BCUT2D eigenvalue weighted by molar-refractivity contribution is 7.91. The summed E-state index contributed by atoms with van der Waals surface area (Å²) in [7, 11) is -2.96. The maximum Gasteiger partial charge on any atom is 0.238 e. The lowest BCUT2D eigenvalue weighted by Gasteiger charge is -2.36. The molecule has 0 spiro atoms. The molecule has 0 radical (unpaired) electrons. The average Bonchev–Trinajstić information content (AvgIpc) is 3.28. The number of amides is 1. The maximum atomic E-state index is 12.5. The molecular weight excluding hydrogens is 442 g/mol. The highest BCUT2D eigenvalue weighted by Gasteiger charge is 2.32. The SMILES string of the molecule is CCOc1ccc(NC(=O)CN2CCN(c3c(C)nn(C4CCS(=O)(=O)C4)c3C)CC2)cc1. The van der Waals surface area contributed by atoms with Crippen molar-refractivity contribution in [3.05, 3.63) is 35.7 Å². The van der Waals surface area contributed by atoms with Crippen molar-refractivity contribution >= 4 is 27.1 Å². The Balaban J connectivity index is 1.31. The van der Waals surface area contributed by atoms with E-state index in [-0.39, 0.29) is 23.5 Å². The van der Waals surface area contributed by atoms with Crippen LogP contribution in [0.25, 0.3) is 0 Å². The quantitative estimate of drug-likeness (QED) is 0.654. The summed E-state index contributed by atoms with van der Waals surface area (Å²) in [4.78, 5) is 16.9. The predicted molar refractivity (Wildman–Crippen MR) is 129 cm³/mol. The number of carbonyl (C=O) groups excluding carboxylic acids is 1. The Morgan fingerprint density at radius 3 is 2.45 bits per heavy atom. The maximum absolute atomic E-state index is 12.5. The van der Waals surface area contributed by atoms with Gasteiger partial charge in [-0.3, -0.25) is 14.4 Å². The van der Waals surface area contributed by atoms with Gasteiger partial charge in [0, 0.05) is 31.9 Å². The molecule has 4 rings (SSSR count). The molecule has 0 aliphatic carbocycles. The molecule has 180 valence electrons. The number of piperazine rings is 1. The van der Waals surface area contributed by atoms with E-state index in [1.165, 1.54) is 0 Å². The molecule has 3 heterocycles. The second kappa shape index (κ2) is 9.72. The molecule has 2 saturated heterocycles. The van der Waals surface area contributed by atoms with Crippen molar-refractivity contribution in [2.75, 3.05) is 61.1 Å². The Bertz CT molecular complexity index is 1090. The van der Waals surface area contributed by atoms with E-state index in [1.807, 2.05) is 49.7 Å². The van der Waals surface area contributed by atoms with E-state index in [0.29, 0.717) is 19.6 Å². The third-order valence-electron chi connectivity index (χ3n) is 6.35. The highest BCUT2D eigenvalue weighted by atomic mass is 32.2. The molecule has 33 heavy (non-hydrogen) atoms. The fourth-order valence-electron chi connectivity index (χ4n) is 4.77. The van der Waals surface area contributed by atoms with Gasteiger partial charge in [-0.05, 0) is 51.5 Å². The number of carbonyl (C=O) groups is 1. The zero-order chi connectivity index (χ0) is 23.6. The first-order chi connectivity index (χ1) is 15.8. The first kappa shape index (κ1) is 23.6. The summed E-state index contributed by atoms with van der Waals surface area (Å²) in [5.74, 6) is 1.17. The lowest BCUT2D eigenvalue weighted by atomic mass is 10.2. The topological polar surface area (TPSA) is 96.8 Å². The van der Waals surface area contributed by atoms with Gasteiger partial charge in [0.05, 0.1) is 47.8 Å². The van der Waals surface area contributed by atoms with Gasteiger partial charge in [-0.2, -0.15) is 5.10 Å². The van der Waals surface area contributed by atoms with Crippen LogP contribution < -0.4 is 15.0 Å². The number of rotatable bonds is 7. The van der Waals surface area contributed by atoms with E-state index in [2.05, 4.69) is 20.2 Å². The minimum absolute atomic E-state index is 0.0322. The number of nitrogens with zero attached hydrogens (tertiary/aromatic N) is 4. The third kappa shape index (κ3) is 5.50. The van der Waals surface area contributed by atoms with Crippen LogP contribution in [-0.2, 0) is 14.6 Å². The Morgan fingerprint density at radius 2 is 1.85 bits per heavy atom. The first-order valence-electron chi connectivity index (χ1n) is 11.5. The van der Waals surface area contributed by atoms with Gasteiger partial charge in [0.2, 0.25) is 5.91 Å². The molecule has 2 aliphatic heterocycles. The molecule has 9 nitrogen and oxygen atoms in total. The molecular formula is C23H33N5O4S. The summed E-state index contributed by atoms with van der Waals surface area (Å²) < 4.78 is 31.1. The fourth-order valence-corrected chi connectivity index (χ4v) is 6.46. The van der Waals surface area contributed by atoms with Crippen molar-refractivity contribution in [1.82, 2.24) is 14.7 Å². The van der Waals surface area contributed by atoms with Gasteiger partial charge in [0.25, 0.3) is 0 Å². The van der Waals surface area contributed by atoms with Crippen molar-refractivity contribution in [3.8, 4) is 5.75 Å². The zero-order valence-corrected chi connectivity index (χ0v) is 20.4. The number of ether oxygens (including phenoxy) is 1. The number of hydrogen-bond acceptors (Lipinski definition) is 7. The van der Waals surface area contributed by atoms with Crippen molar-refractivity contribution in [2.24, 2.45) is 0 Å². The zero-order valence-electron chi connectivity index (χ0n) is 19.6. The van der Waals surface area contributed by atoms with Crippen LogP contribution in [-0.4, -0.2) is 79.8 Å². The molecule has 0 bridgehead atoms. The monoisotopic (exact) mass is 475 g/mol. The van der Waals surface area contributed by atoms with Crippen LogP contribution in [0.1, 0.15) is 30.8 Å². The summed E-state index contributed by atoms with van der Waals surface area (Å²) in [5, 5.41) is 7.64. The fraction of sp³-hybridized carbons (Fsp3) is 0.565. The molecule has 1 N–H and O–H groups in total. The van der Waals surface area contributed by atoms with Gasteiger partial charge in [-0.15, -0.1) is 0 Å². The standard InChI is InChI=1S/C23H33N5O4S/c1-4-32-21-7-5-19(6-8-21)24-22(29)15-26-10-12-27(13-11-26)23-17(2)25-28(18(23)3)20-9-14-33(30,31)16-20/h5-8,20H,4,9-16H2,1-3H3,(H,24,29). The molecule has 2 aliphatic rings. The minimum Gasteiger partial charge on any atom is -0.494 e. The lowest BCUT2D eigenvalue weighted by Crippen LogP contribution is -2.49. The number of aryl methyl sites for hydroxylation is 1. The van der Waals surface area contributed by atoms with Crippen LogP contribution in [0.4, 0.5) is 11.4 Å². The Labute approximate surface area is 195 Å². The van der Waals surface area contributed by atoms with E-state index in [9.17, 15) is 13.2 Å². The lowest BCUT2D eigenvalue weighted by molar-refractivity contribution is -0.117. The predicted octanol–water partition coefficient (Wildman–Crippen LogP) is 2.02. The second-order valence-electron chi connectivity index (χ2n) is 8.79. The third-order valence-corrected chi connectivity index (χ3v) is 8.10. The van der Waals surface area contributed by atoms with E-state index in [4.69, 9.17) is 4.74 Å². The van der Waals surface area contributed by atoms with Gasteiger partial charge >= 0.3 is 0 Å². The van der Waals surface area contributed by atoms with Crippen LogP contribution in [0.15, 0.2) is 24.3 Å². The van der Waals surface area contributed by atoms with Crippen LogP contribution >= 0.6 is 0 Å². The minimum atomic E-state index is -2.96. The summed E-state index contributed by atoms with van der Waals surface area (Å²) in [5.41, 5.74) is 3.81. The Hall–Kier alpha value is -2.59. The molecule has 2 aromatic rings. The second-order valence-corrected chi connectivity index (χ2v) is 11.0. The number of hydrogen-bond donors (Lipinski definition) is 1. The summed E-state index contributed by atoms with van der Waals surface area (Å²) >= 11 is 0. The van der Waals surface area contributed by atoms with Gasteiger partial charge < -0.3 is 15.0 Å². The van der Waals surface area contributed by atoms with Crippen molar-refractivity contribution < 1.29 is 17.9 Å².